The predicted molar refractivity (Wildman–Crippen MR) is 87.3 cm³/mol. The largest absolute Gasteiger partial charge is 0.493 e. The van der Waals surface area contributed by atoms with Crippen LogP contribution >= 0.6 is 23.2 Å². The van der Waals surface area contributed by atoms with E-state index in [1.165, 1.54) is 6.07 Å². The molecule has 1 amide bonds. The van der Waals surface area contributed by atoms with Gasteiger partial charge in [-0.2, -0.15) is 0 Å². The summed E-state index contributed by atoms with van der Waals surface area (Å²) in [5.74, 6) is 0.975. The van der Waals surface area contributed by atoms with Crippen LogP contribution in [0.25, 0.3) is 0 Å². The molecule has 0 aliphatic heterocycles. The summed E-state index contributed by atoms with van der Waals surface area (Å²) >= 11 is 11.8. The predicted octanol–water partition coefficient (Wildman–Crippen LogP) is 3.81. The highest BCUT2D eigenvalue weighted by molar-refractivity contribution is 6.35. The maximum atomic E-state index is 12.0. The zero-order valence-electron chi connectivity index (χ0n) is 11.9. The molecule has 0 aliphatic carbocycles. The molecule has 0 aromatic heterocycles. The number of carbonyl (C=O) groups is 1. The number of amides is 1. The fourth-order valence-electron chi connectivity index (χ4n) is 1.83. The lowest BCUT2D eigenvalue weighted by atomic mass is 10.2. The normalized spacial score (nSPS) is 10.1. The molecule has 4 nitrogen and oxygen atoms in total. The first-order chi connectivity index (χ1) is 10.6. The van der Waals surface area contributed by atoms with Crippen LogP contribution in [-0.4, -0.2) is 26.2 Å². The van der Waals surface area contributed by atoms with E-state index in [0.29, 0.717) is 40.3 Å². The fourth-order valence-corrected chi connectivity index (χ4v) is 2.21. The average Bonchev–Trinajstić information content (AvgIpc) is 2.54. The summed E-state index contributed by atoms with van der Waals surface area (Å²) < 4.78 is 10.7. The lowest BCUT2D eigenvalue weighted by Crippen LogP contribution is -2.28. The van der Waals surface area contributed by atoms with E-state index < -0.39 is 0 Å². The first-order valence-electron chi connectivity index (χ1n) is 6.61. The summed E-state index contributed by atoms with van der Waals surface area (Å²) in [6.45, 7) is 0.643. The molecule has 0 spiro atoms. The van der Waals surface area contributed by atoms with Crippen molar-refractivity contribution in [2.45, 2.75) is 0 Å². The minimum absolute atomic E-state index is 0.295. The molecule has 116 valence electrons. The molecule has 0 saturated heterocycles. The average molecular weight is 340 g/mol. The Bertz CT molecular complexity index is 662. The van der Waals surface area contributed by atoms with Crippen LogP contribution in [-0.2, 0) is 0 Å². The molecule has 2 aromatic rings. The van der Waals surface area contributed by atoms with Crippen molar-refractivity contribution in [3.63, 3.8) is 0 Å². The number of carbonyl (C=O) groups excluding carboxylic acids is 1. The molecule has 0 aliphatic rings. The molecule has 1 N–H and O–H groups in total. The van der Waals surface area contributed by atoms with Gasteiger partial charge in [-0.15, -0.1) is 0 Å². The van der Waals surface area contributed by atoms with Crippen LogP contribution in [0.5, 0.6) is 11.5 Å². The Balaban J connectivity index is 1.86. The smallest absolute Gasteiger partial charge is 0.252 e. The zero-order chi connectivity index (χ0) is 15.9. The van der Waals surface area contributed by atoms with Crippen molar-refractivity contribution in [3.8, 4) is 11.5 Å². The van der Waals surface area contributed by atoms with Crippen molar-refractivity contribution < 1.29 is 14.3 Å². The quantitative estimate of drug-likeness (QED) is 0.814. The van der Waals surface area contributed by atoms with Crippen LogP contribution in [0.4, 0.5) is 0 Å². The molecule has 2 aromatic carbocycles. The number of nitrogens with one attached hydrogen (secondary N) is 1. The van der Waals surface area contributed by atoms with Crippen molar-refractivity contribution in [3.05, 3.63) is 58.1 Å². The highest BCUT2D eigenvalue weighted by Gasteiger charge is 2.10. The van der Waals surface area contributed by atoms with Crippen LogP contribution in [0.1, 0.15) is 10.4 Å². The van der Waals surface area contributed by atoms with Gasteiger partial charge in [-0.1, -0.05) is 35.3 Å². The van der Waals surface area contributed by atoms with Gasteiger partial charge in [-0.25, -0.2) is 0 Å². The highest BCUT2D eigenvalue weighted by atomic mass is 35.5. The Morgan fingerprint density at radius 1 is 1.14 bits per heavy atom. The van der Waals surface area contributed by atoms with Gasteiger partial charge in [0.1, 0.15) is 6.61 Å². The minimum Gasteiger partial charge on any atom is -0.493 e. The van der Waals surface area contributed by atoms with Crippen molar-refractivity contribution in [1.29, 1.82) is 0 Å². The third-order valence-corrected chi connectivity index (χ3v) is 3.45. The molecule has 2 rings (SSSR count). The maximum Gasteiger partial charge on any atom is 0.252 e. The Hall–Kier alpha value is -1.91. The number of benzene rings is 2. The summed E-state index contributed by atoms with van der Waals surface area (Å²) in [6, 6.07) is 12.1. The van der Waals surface area contributed by atoms with Gasteiger partial charge in [0.25, 0.3) is 5.91 Å². The zero-order valence-corrected chi connectivity index (χ0v) is 13.4. The Labute approximate surface area is 138 Å². The van der Waals surface area contributed by atoms with Gasteiger partial charge in [0.05, 0.1) is 24.2 Å². The number of halogens is 2. The van der Waals surface area contributed by atoms with Crippen molar-refractivity contribution in [2.24, 2.45) is 0 Å². The standard InChI is InChI=1S/C16H15Cl2NO3/c1-21-14-4-2-3-5-15(14)22-9-8-19-16(20)12-10-11(17)6-7-13(12)18/h2-7,10H,8-9H2,1H3,(H,19,20). The van der Waals surface area contributed by atoms with E-state index in [0.717, 1.165) is 0 Å². The second-order valence-electron chi connectivity index (χ2n) is 4.38. The van der Waals surface area contributed by atoms with Crippen molar-refractivity contribution in [2.75, 3.05) is 20.3 Å². The summed E-state index contributed by atoms with van der Waals surface area (Å²) in [5, 5.41) is 3.54. The molecule has 0 saturated carbocycles. The van der Waals surface area contributed by atoms with Crippen molar-refractivity contribution >= 4 is 29.1 Å². The number of hydrogen-bond acceptors (Lipinski definition) is 3. The van der Waals surface area contributed by atoms with Crippen LogP contribution in [0.15, 0.2) is 42.5 Å². The number of hydrogen-bond donors (Lipinski definition) is 1. The van der Waals surface area contributed by atoms with Gasteiger partial charge in [0.15, 0.2) is 11.5 Å². The van der Waals surface area contributed by atoms with Gasteiger partial charge in [-0.3, -0.25) is 4.79 Å². The van der Waals surface area contributed by atoms with Gasteiger partial charge in [0.2, 0.25) is 0 Å². The lowest BCUT2D eigenvalue weighted by molar-refractivity contribution is 0.0947. The Morgan fingerprint density at radius 2 is 1.86 bits per heavy atom. The minimum atomic E-state index is -0.295. The SMILES string of the molecule is COc1ccccc1OCCNC(=O)c1cc(Cl)ccc1Cl. The molecule has 0 atom stereocenters. The van der Waals surface area contributed by atoms with Gasteiger partial charge in [0, 0.05) is 5.02 Å². The van der Waals surface area contributed by atoms with E-state index in [9.17, 15) is 4.79 Å². The Kier molecular flexibility index (Phi) is 5.92. The molecule has 0 heterocycles. The second kappa shape index (κ2) is 7.92. The fraction of sp³-hybridized carbons (Fsp3) is 0.188. The van der Waals surface area contributed by atoms with E-state index in [1.807, 2.05) is 12.1 Å². The topological polar surface area (TPSA) is 47.6 Å². The maximum absolute atomic E-state index is 12.0. The van der Waals surface area contributed by atoms with E-state index in [2.05, 4.69) is 5.32 Å². The summed E-state index contributed by atoms with van der Waals surface area (Å²) in [4.78, 5) is 12.0. The lowest BCUT2D eigenvalue weighted by Gasteiger charge is -2.11. The second-order valence-corrected chi connectivity index (χ2v) is 5.22. The van der Waals surface area contributed by atoms with Crippen LogP contribution in [0.3, 0.4) is 0 Å². The Morgan fingerprint density at radius 3 is 2.59 bits per heavy atom. The molecular formula is C16H15Cl2NO3. The molecule has 0 fully saturated rings. The van der Waals surface area contributed by atoms with Crippen molar-refractivity contribution in [1.82, 2.24) is 5.32 Å². The van der Waals surface area contributed by atoms with E-state index in [-0.39, 0.29) is 5.91 Å². The van der Waals surface area contributed by atoms with Gasteiger partial charge < -0.3 is 14.8 Å². The molecule has 6 heteroatoms. The molecule has 22 heavy (non-hydrogen) atoms. The number of rotatable bonds is 6. The van der Waals surface area contributed by atoms with Gasteiger partial charge >= 0.3 is 0 Å². The first-order valence-corrected chi connectivity index (χ1v) is 7.36. The van der Waals surface area contributed by atoms with Crippen LogP contribution in [0, 0.1) is 0 Å². The first kappa shape index (κ1) is 16.5. The molecule has 0 unspecified atom stereocenters. The monoisotopic (exact) mass is 339 g/mol. The van der Waals surface area contributed by atoms with Gasteiger partial charge in [-0.05, 0) is 30.3 Å². The number of para-hydroxylation sites is 2. The number of ether oxygens (including phenoxy) is 2. The molecule has 0 bridgehead atoms. The third-order valence-electron chi connectivity index (χ3n) is 2.89. The van der Waals surface area contributed by atoms with Crippen LogP contribution in [0.2, 0.25) is 10.0 Å². The van der Waals surface area contributed by atoms with E-state index in [1.54, 1.807) is 31.4 Å². The van der Waals surface area contributed by atoms with E-state index >= 15 is 0 Å². The summed E-state index contributed by atoms with van der Waals surface area (Å²) in [7, 11) is 1.57. The summed E-state index contributed by atoms with van der Waals surface area (Å²) in [6.07, 6.45) is 0. The third kappa shape index (κ3) is 4.29. The van der Waals surface area contributed by atoms with Crippen LogP contribution < -0.4 is 14.8 Å². The molecule has 0 radical (unpaired) electrons. The highest BCUT2D eigenvalue weighted by Crippen LogP contribution is 2.25. The summed E-state index contributed by atoms with van der Waals surface area (Å²) in [5.41, 5.74) is 0.339. The number of methoxy groups -OCH3 is 1. The van der Waals surface area contributed by atoms with E-state index in [4.69, 9.17) is 32.7 Å². The molecular weight excluding hydrogens is 325 g/mol.